The predicted molar refractivity (Wildman–Crippen MR) is 72.1 cm³/mol. The molecule has 1 saturated heterocycles. The monoisotopic (exact) mass is 257 g/mol. The Morgan fingerprint density at radius 3 is 2.47 bits per heavy atom. The second-order valence-corrected chi connectivity index (χ2v) is 9.27. The standard InChI is InChI=1S/C13H27NO2Si/c1-4-17(15-2,16-3)13-12-8-6-5-7-11(12)9-10-14-13/h11-14H,4-10H2,1-3H3. The molecule has 1 saturated carbocycles. The van der Waals surface area contributed by atoms with E-state index < -0.39 is 8.56 Å². The molecular formula is C13H27NO2Si. The summed E-state index contributed by atoms with van der Waals surface area (Å²) in [5, 5.41) is 3.72. The molecule has 0 aromatic rings. The molecule has 2 fully saturated rings. The van der Waals surface area contributed by atoms with Gasteiger partial charge in [-0.25, -0.2) is 0 Å². The van der Waals surface area contributed by atoms with Crippen molar-refractivity contribution in [3.8, 4) is 0 Å². The van der Waals surface area contributed by atoms with Crippen LogP contribution < -0.4 is 5.32 Å². The van der Waals surface area contributed by atoms with Gasteiger partial charge in [-0.2, -0.15) is 0 Å². The Kier molecular flexibility index (Phi) is 4.63. The molecule has 3 atom stereocenters. The van der Waals surface area contributed by atoms with Crippen LogP contribution in [0.25, 0.3) is 0 Å². The van der Waals surface area contributed by atoms with Gasteiger partial charge in [0.05, 0.1) is 5.67 Å². The molecule has 1 aliphatic carbocycles. The number of hydrogen-bond acceptors (Lipinski definition) is 3. The SMILES string of the molecule is CC[Si](OC)(OC)C1NCCC2CCCCC21. The van der Waals surface area contributed by atoms with Crippen molar-refractivity contribution in [3.05, 3.63) is 0 Å². The van der Waals surface area contributed by atoms with Gasteiger partial charge in [0.1, 0.15) is 0 Å². The summed E-state index contributed by atoms with van der Waals surface area (Å²) >= 11 is 0. The minimum Gasteiger partial charge on any atom is -0.397 e. The van der Waals surface area contributed by atoms with E-state index in [1.807, 2.05) is 14.2 Å². The average Bonchev–Trinajstić information content (AvgIpc) is 2.41. The van der Waals surface area contributed by atoms with Gasteiger partial charge in [0.15, 0.2) is 0 Å². The molecule has 0 bridgehead atoms. The van der Waals surface area contributed by atoms with Crippen LogP contribution in [0.2, 0.25) is 6.04 Å². The Labute approximate surface area is 107 Å². The lowest BCUT2D eigenvalue weighted by molar-refractivity contribution is 0.123. The number of nitrogens with one attached hydrogen (secondary N) is 1. The van der Waals surface area contributed by atoms with Crippen LogP contribution in [0.1, 0.15) is 39.0 Å². The second kappa shape index (κ2) is 5.82. The first-order chi connectivity index (χ1) is 8.27. The zero-order valence-electron chi connectivity index (χ0n) is 11.5. The molecule has 0 spiro atoms. The Morgan fingerprint density at radius 1 is 1.12 bits per heavy atom. The molecule has 0 aromatic carbocycles. The highest BCUT2D eigenvalue weighted by Crippen LogP contribution is 2.40. The molecular weight excluding hydrogens is 230 g/mol. The Balaban J connectivity index is 2.16. The summed E-state index contributed by atoms with van der Waals surface area (Å²) in [4.78, 5) is 0. The zero-order chi connectivity index (χ0) is 12.3. The summed E-state index contributed by atoms with van der Waals surface area (Å²) in [6.45, 7) is 3.36. The first-order valence-electron chi connectivity index (χ1n) is 7.11. The van der Waals surface area contributed by atoms with Crippen LogP contribution in [0.4, 0.5) is 0 Å². The minimum atomic E-state index is -2.04. The van der Waals surface area contributed by atoms with Crippen molar-refractivity contribution in [2.24, 2.45) is 11.8 Å². The van der Waals surface area contributed by atoms with Crippen LogP contribution >= 0.6 is 0 Å². The van der Waals surface area contributed by atoms with Crippen LogP contribution in [0, 0.1) is 11.8 Å². The van der Waals surface area contributed by atoms with Crippen molar-refractivity contribution in [1.29, 1.82) is 0 Å². The van der Waals surface area contributed by atoms with Crippen molar-refractivity contribution in [2.75, 3.05) is 20.8 Å². The Hall–Kier alpha value is 0.0969. The number of piperidine rings is 1. The first kappa shape index (κ1) is 13.5. The van der Waals surface area contributed by atoms with Gasteiger partial charge in [-0.05, 0) is 37.3 Å². The smallest absolute Gasteiger partial charge is 0.355 e. The van der Waals surface area contributed by atoms with Crippen LogP contribution in [-0.2, 0) is 8.85 Å². The van der Waals surface area contributed by atoms with E-state index in [1.54, 1.807) is 0 Å². The van der Waals surface area contributed by atoms with Crippen LogP contribution in [0.5, 0.6) is 0 Å². The lowest BCUT2D eigenvalue weighted by Gasteiger charge is -2.47. The number of rotatable bonds is 4. The van der Waals surface area contributed by atoms with Crippen molar-refractivity contribution < 1.29 is 8.85 Å². The molecule has 100 valence electrons. The van der Waals surface area contributed by atoms with E-state index >= 15 is 0 Å². The molecule has 0 amide bonds. The summed E-state index contributed by atoms with van der Waals surface area (Å²) in [5.74, 6) is 1.71. The highest BCUT2D eigenvalue weighted by atomic mass is 28.4. The molecule has 1 N–H and O–H groups in total. The van der Waals surface area contributed by atoms with Crippen molar-refractivity contribution in [3.63, 3.8) is 0 Å². The topological polar surface area (TPSA) is 30.5 Å². The molecule has 1 heterocycles. The van der Waals surface area contributed by atoms with Gasteiger partial charge in [-0.3, -0.25) is 0 Å². The zero-order valence-corrected chi connectivity index (χ0v) is 12.5. The molecule has 3 unspecified atom stereocenters. The molecule has 17 heavy (non-hydrogen) atoms. The fourth-order valence-corrected chi connectivity index (χ4v) is 7.17. The van der Waals surface area contributed by atoms with E-state index in [1.165, 1.54) is 32.1 Å². The van der Waals surface area contributed by atoms with Crippen LogP contribution in [-0.4, -0.2) is 35.0 Å². The Morgan fingerprint density at radius 2 is 1.82 bits per heavy atom. The molecule has 4 heteroatoms. The lowest BCUT2D eigenvalue weighted by atomic mass is 9.75. The van der Waals surface area contributed by atoms with Crippen LogP contribution in [0.3, 0.4) is 0 Å². The molecule has 2 rings (SSSR count). The van der Waals surface area contributed by atoms with Gasteiger partial charge >= 0.3 is 8.56 Å². The van der Waals surface area contributed by atoms with E-state index in [2.05, 4.69) is 12.2 Å². The predicted octanol–water partition coefficient (Wildman–Crippen LogP) is 2.45. The van der Waals surface area contributed by atoms with E-state index in [0.717, 1.165) is 24.4 Å². The molecule has 0 radical (unpaired) electrons. The largest absolute Gasteiger partial charge is 0.397 e. The fourth-order valence-electron chi connectivity index (χ4n) is 3.94. The number of fused-ring (bicyclic) bond motifs is 1. The van der Waals surface area contributed by atoms with Gasteiger partial charge in [0.25, 0.3) is 0 Å². The summed E-state index contributed by atoms with van der Waals surface area (Å²) in [5.41, 5.74) is 0.501. The van der Waals surface area contributed by atoms with Crippen molar-refractivity contribution in [2.45, 2.75) is 50.7 Å². The van der Waals surface area contributed by atoms with E-state index in [0.29, 0.717) is 5.67 Å². The molecule has 1 aliphatic heterocycles. The third-order valence-electron chi connectivity index (χ3n) is 4.93. The highest BCUT2D eigenvalue weighted by Gasteiger charge is 2.50. The third-order valence-corrected chi connectivity index (χ3v) is 8.88. The average molecular weight is 257 g/mol. The molecule has 3 nitrogen and oxygen atoms in total. The third kappa shape index (κ3) is 2.45. The maximum Gasteiger partial charge on any atom is 0.355 e. The maximum absolute atomic E-state index is 5.88. The van der Waals surface area contributed by atoms with E-state index in [9.17, 15) is 0 Å². The fraction of sp³-hybridized carbons (Fsp3) is 1.00. The van der Waals surface area contributed by atoms with E-state index in [4.69, 9.17) is 8.85 Å². The van der Waals surface area contributed by atoms with Gasteiger partial charge in [-0.15, -0.1) is 0 Å². The molecule has 2 aliphatic rings. The quantitative estimate of drug-likeness (QED) is 0.785. The van der Waals surface area contributed by atoms with Crippen molar-refractivity contribution >= 4 is 8.56 Å². The van der Waals surface area contributed by atoms with Crippen LogP contribution in [0.15, 0.2) is 0 Å². The van der Waals surface area contributed by atoms with Gasteiger partial charge in [0, 0.05) is 14.2 Å². The van der Waals surface area contributed by atoms with Gasteiger partial charge in [-0.1, -0.05) is 26.2 Å². The minimum absolute atomic E-state index is 0.501. The number of hydrogen-bond donors (Lipinski definition) is 1. The van der Waals surface area contributed by atoms with E-state index in [-0.39, 0.29) is 0 Å². The second-order valence-electron chi connectivity index (χ2n) is 5.50. The summed E-state index contributed by atoms with van der Waals surface area (Å²) in [6.07, 6.45) is 6.95. The first-order valence-corrected chi connectivity index (χ1v) is 9.21. The summed E-state index contributed by atoms with van der Waals surface area (Å²) < 4.78 is 11.8. The van der Waals surface area contributed by atoms with Crippen molar-refractivity contribution in [1.82, 2.24) is 5.32 Å². The molecule has 0 aromatic heterocycles. The van der Waals surface area contributed by atoms with Gasteiger partial charge < -0.3 is 14.2 Å². The highest BCUT2D eigenvalue weighted by molar-refractivity contribution is 6.69. The van der Waals surface area contributed by atoms with Gasteiger partial charge in [0.2, 0.25) is 0 Å². The maximum atomic E-state index is 5.88. The summed E-state index contributed by atoms with van der Waals surface area (Å²) in [7, 11) is 1.65. The lowest BCUT2D eigenvalue weighted by Crippen LogP contribution is -2.65. The normalized spacial score (nSPS) is 34.4. The Bertz CT molecular complexity index is 235. The summed E-state index contributed by atoms with van der Waals surface area (Å²) in [6, 6.07) is 1.04.